The molecular weight excluding hydrogens is 336 g/mol. The predicted molar refractivity (Wildman–Crippen MR) is 90.8 cm³/mol. The van der Waals surface area contributed by atoms with Crippen LogP contribution in [0.4, 0.5) is 5.13 Å². The second-order valence-corrected chi connectivity index (χ2v) is 6.94. The van der Waals surface area contributed by atoms with Crippen LogP contribution in [0.2, 0.25) is 5.02 Å². The van der Waals surface area contributed by atoms with Crippen LogP contribution in [0, 0.1) is 12.8 Å². The highest BCUT2D eigenvalue weighted by atomic mass is 35.5. The van der Waals surface area contributed by atoms with E-state index in [-0.39, 0.29) is 17.7 Å². The van der Waals surface area contributed by atoms with Gasteiger partial charge in [0.25, 0.3) is 5.91 Å². The van der Waals surface area contributed by atoms with E-state index in [4.69, 9.17) is 11.6 Å². The average molecular weight is 353 g/mol. The summed E-state index contributed by atoms with van der Waals surface area (Å²) in [6, 6.07) is 5.81. The topological polar surface area (TPSA) is 84.0 Å². The summed E-state index contributed by atoms with van der Waals surface area (Å²) >= 11 is 7.09. The second-order valence-electron chi connectivity index (χ2n) is 5.32. The van der Waals surface area contributed by atoms with Gasteiger partial charge in [0.05, 0.1) is 0 Å². The lowest BCUT2D eigenvalue weighted by atomic mass is 10.0. The molecule has 2 N–H and O–H groups in total. The SMILES string of the molecule is Cc1nnc(NC(=O)C(NC(=O)c2ccc(Cl)cc2)C(C)C)s1. The van der Waals surface area contributed by atoms with Gasteiger partial charge in [0, 0.05) is 10.6 Å². The highest BCUT2D eigenvalue weighted by Crippen LogP contribution is 2.15. The highest BCUT2D eigenvalue weighted by molar-refractivity contribution is 7.15. The first-order chi connectivity index (χ1) is 10.9. The summed E-state index contributed by atoms with van der Waals surface area (Å²) in [5.41, 5.74) is 0.444. The number of amides is 2. The fourth-order valence-corrected chi connectivity index (χ4v) is 2.61. The third-order valence-corrected chi connectivity index (χ3v) is 4.10. The summed E-state index contributed by atoms with van der Waals surface area (Å²) in [5, 5.41) is 14.8. The molecule has 0 radical (unpaired) electrons. The molecule has 1 atom stereocenters. The largest absolute Gasteiger partial charge is 0.340 e. The molecule has 8 heteroatoms. The molecule has 0 aliphatic carbocycles. The molecule has 0 spiro atoms. The number of anilines is 1. The Kier molecular flexibility index (Phi) is 5.68. The third kappa shape index (κ3) is 4.74. The second kappa shape index (κ2) is 7.52. The Bertz CT molecular complexity index is 700. The quantitative estimate of drug-likeness (QED) is 0.866. The lowest BCUT2D eigenvalue weighted by molar-refractivity contribution is -0.118. The molecule has 122 valence electrons. The summed E-state index contributed by atoms with van der Waals surface area (Å²) in [6.45, 7) is 5.52. The van der Waals surface area contributed by atoms with Crippen molar-refractivity contribution in [2.75, 3.05) is 5.32 Å². The average Bonchev–Trinajstić information content (AvgIpc) is 2.89. The minimum absolute atomic E-state index is 0.0831. The maximum atomic E-state index is 12.4. The van der Waals surface area contributed by atoms with Gasteiger partial charge >= 0.3 is 0 Å². The number of aryl methyl sites for hydroxylation is 1. The van der Waals surface area contributed by atoms with Crippen LogP contribution in [0.15, 0.2) is 24.3 Å². The Morgan fingerprint density at radius 1 is 1.17 bits per heavy atom. The molecule has 0 saturated carbocycles. The van der Waals surface area contributed by atoms with Crippen molar-refractivity contribution in [1.82, 2.24) is 15.5 Å². The van der Waals surface area contributed by atoms with Gasteiger partial charge in [0.15, 0.2) is 0 Å². The number of aromatic nitrogens is 2. The lowest BCUT2D eigenvalue weighted by Crippen LogP contribution is -2.47. The smallest absolute Gasteiger partial charge is 0.251 e. The zero-order chi connectivity index (χ0) is 17.0. The summed E-state index contributed by atoms with van der Waals surface area (Å²) in [4.78, 5) is 24.6. The zero-order valence-corrected chi connectivity index (χ0v) is 14.5. The van der Waals surface area contributed by atoms with Crippen LogP contribution < -0.4 is 10.6 Å². The van der Waals surface area contributed by atoms with Gasteiger partial charge in [0.1, 0.15) is 11.0 Å². The first kappa shape index (κ1) is 17.4. The Hall–Kier alpha value is -1.99. The van der Waals surface area contributed by atoms with Crippen LogP contribution >= 0.6 is 22.9 Å². The Morgan fingerprint density at radius 2 is 1.83 bits per heavy atom. The normalized spacial score (nSPS) is 12.0. The van der Waals surface area contributed by atoms with Crippen molar-refractivity contribution in [3.05, 3.63) is 39.9 Å². The van der Waals surface area contributed by atoms with Gasteiger partial charge in [-0.25, -0.2) is 0 Å². The summed E-state index contributed by atoms with van der Waals surface area (Å²) in [6.07, 6.45) is 0. The van der Waals surface area contributed by atoms with Crippen molar-refractivity contribution in [3.63, 3.8) is 0 Å². The number of hydrogen-bond donors (Lipinski definition) is 2. The number of benzene rings is 1. The molecule has 0 aliphatic rings. The number of nitrogens with zero attached hydrogens (tertiary/aromatic N) is 2. The van der Waals surface area contributed by atoms with E-state index in [1.54, 1.807) is 31.2 Å². The Labute approximate surface area is 143 Å². The first-order valence-corrected chi connectivity index (χ1v) is 8.23. The van der Waals surface area contributed by atoms with E-state index < -0.39 is 6.04 Å². The molecule has 2 aromatic rings. The van der Waals surface area contributed by atoms with E-state index in [1.807, 2.05) is 13.8 Å². The van der Waals surface area contributed by atoms with E-state index in [0.29, 0.717) is 15.7 Å². The molecular formula is C15H17ClN4O2S. The molecule has 1 heterocycles. The van der Waals surface area contributed by atoms with Crippen molar-refractivity contribution >= 4 is 39.9 Å². The van der Waals surface area contributed by atoms with Crippen molar-refractivity contribution < 1.29 is 9.59 Å². The fourth-order valence-electron chi connectivity index (χ4n) is 1.89. The van der Waals surface area contributed by atoms with E-state index in [9.17, 15) is 9.59 Å². The molecule has 2 amide bonds. The minimum Gasteiger partial charge on any atom is -0.340 e. The van der Waals surface area contributed by atoms with Crippen molar-refractivity contribution in [1.29, 1.82) is 0 Å². The Morgan fingerprint density at radius 3 is 2.35 bits per heavy atom. The molecule has 6 nitrogen and oxygen atoms in total. The number of nitrogens with one attached hydrogen (secondary N) is 2. The van der Waals surface area contributed by atoms with Gasteiger partial charge in [-0.3, -0.25) is 14.9 Å². The van der Waals surface area contributed by atoms with Gasteiger partial charge in [0.2, 0.25) is 11.0 Å². The summed E-state index contributed by atoms with van der Waals surface area (Å²) < 4.78 is 0. The maximum Gasteiger partial charge on any atom is 0.251 e. The standard InChI is InChI=1S/C15H17ClN4O2S/c1-8(2)12(14(22)18-15-20-19-9(3)23-15)17-13(21)10-4-6-11(16)7-5-10/h4-8,12H,1-3H3,(H,17,21)(H,18,20,22). The monoisotopic (exact) mass is 352 g/mol. The molecule has 0 saturated heterocycles. The molecule has 1 unspecified atom stereocenters. The van der Waals surface area contributed by atoms with Crippen LogP contribution in [-0.2, 0) is 4.79 Å². The third-order valence-electron chi connectivity index (χ3n) is 3.10. The van der Waals surface area contributed by atoms with Gasteiger partial charge < -0.3 is 5.32 Å². The van der Waals surface area contributed by atoms with Gasteiger partial charge in [-0.05, 0) is 37.1 Å². The summed E-state index contributed by atoms with van der Waals surface area (Å²) in [5.74, 6) is -0.734. The van der Waals surface area contributed by atoms with E-state index in [0.717, 1.165) is 5.01 Å². The number of halogens is 1. The van der Waals surface area contributed by atoms with Gasteiger partial charge in [-0.15, -0.1) is 10.2 Å². The zero-order valence-electron chi connectivity index (χ0n) is 13.0. The predicted octanol–water partition coefficient (Wildman–Crippen LogP) is 2.89. The van der Waals surface area contributed by atoms with Crippen molar-refractivity contribution in [2.24, 2.45) is 5.92 Å². The van der Waals surface area contributed by atoms with Crippen LogP contribution in [0.5, 0.6) is 0 Å². The molecule has 2 rings (SSSR count). The molecule has 0 aliphatic heterocycles. The van der Waals surface area contributed by atoms with Crippen LogP contribution in [-0.4, -0.2) is 28.1 Å². The molecule has 23 heavy (non-hydrogen) atoms. The number of rotatable bonds is 5. The maximum absolute atomic E-state index is 12.4. The van der Waals surface area contributed by atoms with Crippen LogP contribution in [0.1, 0.15) is 29.2 Å². The van der Waals surface area contributed by atoms with E-state index >= 15 is 0 Å². The highest BCUT2D eigenvalue weighted by Gasteiger charge is 2.25. The lowest BCUT2D eigenvalue weighted by Gasteiger charge is -2.21. The molecule has 1 aromatic heterocycles. The molecule has 0 bridgehead atoms. The van der Waals surface area contributed by atoms with Crippen LogP contribution in [0.25, 0.3) is 0 Å². The molecule has 1 aromatic carbocycles. The van der Waals surface area contributed by atoms with Crippen LogP contribution in [0.3, 0.4) is 0 Å². The number of carbonyl (C=O) groups is 2. The number of hydrogen-bond acceptors (Lipinski definition) is 5. The van der Waals surface area contributed by atoms with E-state index in [2.05, 4.69) is 20.8 Å². The van der Waals surface area contributed by atoms with Crippen molar-refractivity contribution in [2.45, 2.75) is 26.8 Å². The molecule has 0 fully saturated rings. The van der Waals surface area contributed by atoms with Gasteiger partial charge in [-0.2, -0.15) is 0 Å². The fraction of sp³-hybridized carbons (Fsp3) is 0.333. The minimum atomic E-state index is -0.678. The van der Waals surface area contributed by atoms with Gasteiger partial charge in [-0.1, -0.05) is 36.8 Å². The first-order valence-electron chi connectivity index (χ1n) is 7.04. The number of carbonyl (C=O) groups excluding carboxylic acids is 2. The van der Waals surface area contributed by atoms with Crippen molar-refractivity contribution in [3.8, 4) is 0 Å². The van der Waals surface area contributed by atoms with E-state index in [1.165, 1.54) is 11.3 Å². The Balaban J connectivity index is 2.07. The summed E-state index contributed by atoms with van der Waals surface area (Å²) in [7, 11) is 0.